The molecule has 21 heavy (non-hydrogen) atoms. The molecule has 2 nitrogen and oxygen atoms in total. The fourth-order valence-electron chi connectivity index (χ4n) is 3.20. The molecule has 2 rings (SSSR count). The number of halogens is 1. The molecule has 0 radical (unpaired) electrons. The van der Waals surface area contributed by atoms with Crippen molar-refractivity contribution in [2.24, 2.45) is 11.8 Å². The summed E-state index contributed by atoms with van der Waals surface area (Å²) in [4.78, 5) is 2.58. The number of hydrogen-bond donors (Lipinski definition) is 1. The van der Waals surface area contributed by atoms with Crippen LogP contribution in [0.3, 0.4) is 0 Å². The van der Waals surface area contributed by atoms with Crippen LogP contribution in [0.1, 0.15) is 45.6 Å². The monoisotopic (exact) mass is 352 g/mol. The van der Waals surface area contributed by atoms with Crippen molar-refractivity contribution in [3.05, 3.63) is 28.2 Å². The van der Waals surface area contributed by atoms with Crippen LogP contribution in [0.25, 0.3) is 0 Å². The summed E-state index contributed by atoms with van der Waals surface area (Å²) < 4.78 is 1.18. The summed E-state index contributed by atoms with van der Waals surface area (Å²) in [5.41, 5.74) is 2.84. The lowest BCUT2D eigenvalue weighted by molar-refractivity contribution is 0.529. The zero-order chi connectivity index (χ0) is 15.2. The normalized spacial score (nSPS) is 18.7. The number of hydrogen-bond acceptors (Lipinski definition) is 2. The molecule has 0 aromatic heterocycles. The summed E-state index contributed by atoms with van der Waals surface area (Å²) in [5, 5.41) is 3.58. The van der Waals surface area contributed by atoms with Crippen molar-refractivity contribution >= 4 is 21.6 Å². The van der Waals surface area contributed by atoms with E-state index in [1.807, 2.05) is 0 Å². The molecule has 1 aromatic carbocycles. The van der Waals surface area contributed by atoms with E-state index < -0.39 is 0 Å². The van der Waals surface area contributed by atoms with Gasteiger partial charge >= 0.3 is 0 Å². The van der Waals surface area contributed by atoms with E-state index >= 15 is 0 Å². The van der Waals surface area contributed by atoms with E-state index in [9.17, 15) is 0 Å². The van der Waals surface area contributed by atoms with Crippen LogP contribution in [0.4, 0.5) is 5.69 Å². The molecular weight excluding hydrogens is 324 g/mol. The van der Waals surface area contributed by atoms with Crippen molar-refractivity contribution in [3.8, 4) is 0 Å². The van der Waals surface area contributed by atoms with Gasteiger partial charge in [-0.25, -0.2) is 0 Å². The molecule has 1 heterocycles. The standard InChI is InChI=1S/C18H29BrN2/c1-4-5-15-8-9-21(13-15)18-7-6-17(19)10-16(18)12-20-11-14(2)3/h6-7,10,14-15,20H,4-5,8-9,11-13H2,1-3H3. The summed E-state index contributed by atoms with van der Waals surface area (Å²) >= 11 is 3.62. The SMILES string of the molecule is CCCC1CCN(c2ccc(Br)cc2CNCC(C)C)C1. The Hall–Kier alpha value is -0.540. The van der Waals surface area contributed by atoms with Crippen molar-refractivity contribution in [2.75, 3.05) is 24.5 Å². The zero-order valence-electron chi connectivity index (χ0n) is 13.7. The third kappa shape index (κ3) is 5.00. The predicted molar refractivity (Wildman–Crippen MR) is 95.9 cm³/mol. The molecule has 1 aromatic rings. The van der Waals surface area contributed by atoms with Crippen molar-refractivity contribution in [3.63, 3.8) is 0 Å². The molecule has 0 bridgehead atoms. The summed E-state index contributed by atoms with van der Waals surface area (Å²) in [6.45, 7) is 11.3. The summed E-state index contributed by atoms with van der Waals surface area (Å²) in [5.74, 6) is 1.58. The maximum atomic E-state index is 3.62. The Morgan fingerprint density at radius 1 is 1.38 bits per heavy atom. The van der Waals surface area contributed by atoms with Gasteiger partial charge in [-0.3, -0.25) is 0 Å². The highest BCUT2D eigenvalue weighted by molar-refractivity contribution is 9.10. The lowest BCUT2D eigenvalue weighted by Gasteiger charge is -2.23. The van der Waals surface area contributed by atoms with E-state index in [0.717, 1.165) is 19.0 Å². The van der Waals surface area contributed by atoms with Gasteiger partial charge < -0.3 is 10.2 Å². The van der Waals surface area contributed by atoms with Gasteiger partial charge in [-0.05, 0) is 55.0 Å². The van der Waals surface area contributed by atoms with Crippen LogP contribution in [-0.4, -0.2) is 19.6 Å². The highest BCUT2D eigenvalue weighted by atomic mass is 79.9. The number of nitrogens with one attached hydrogen (secondary N) is 1. The Balaban J connectivity index is 2.04. The van der Waals surface area contributed by atoms with E-state index in [1.54, 1.807) is 0 Å². The van der Waals surface area contributed by atoms with Gasteiger partial charge in [-0.2, -0.15) is 0 Å². The summed E-state index contributed by atoms with van der Waals surface area (Å²) in [7, 11) is 0. The van der Waals surface area contributed by atoms with E-state index in [4.69, 9.17) is 0 Å². The quantitative estimate of drug-likeness (QED) is 0.756. The van der Waals surface area contributed by atoms with Gasteiger partial charge in [0.15, 0.2) is 0 Å². The molecule has 1 fully saturated rings. The molecule has 1 aliphatic rings. The van der Waals surface area contributed by atoms with Gasteiger partial charge in [0.1, 0.15) is 0 Å². The highest BCUT2D eigenvalue weighted by Crippen LogP contribution is 2.30. The number of benzene rings is 1. The van der Waals surface area contributed by atoms with E-state index in [-0.39, 0.29) is 0 Å². The summed E-state index contributed by atoms with van der Waals surface area (Å²) in [6, 6.07) is 6.73. The molecule has 3 heteroatoms. The average molecular weight is 353 g/mol. The molecular formula is C18H29BrN2. The number of rotatable bonds is 7. The molecule has 1 unspecified atom stereocenters. The second-order valence-electron chi connectivity index (χ2n) is 6.69. The summed E-state index contributed by atoms with van der Waals surface area (Å²) in [6.07, 6.45) is 4.03. The van der Waals surface area contributed by atoms with Gasteiger partial charge in [0.2, 0.25) is 0 Å². The lowest BCUT2D eigenvalue weighted by Crippen LogP contribution is -2.24. The van der Waals surface area contributed by atoms with E-state index in [2.05, 4.69) is 65.1 Å². The van der Waals surface area contributed by atoms with Crippen LogP contribution in [0.15, 0.2) is 22.7 Å². The average Bonchev–Trinajstić information content (AvgIpc) is 2.87. The fraction of sp³-hybridized carbons (Fsp3) is 0.667. The number of anilines is 1. The fourth-order valence-corrected chi connectivity index (χ4v) is 3.60. The molecule has 1 N–H and O–H groups in total. The maximum Gasteiger partial charge on any atom is 0.0412 e. The first-order chi connectivity index (χ1) is 10.1. The Morgan fingerprint density at radius 2 is 2.19 bits per heavy atom. The van der Waals surface area contributed by atoms with Gasteiger partial charge in [-0.1, -0.05) is 43.1 Å². The first kappa shape index (κ1) is 16.8. The van der Waals surface area contributed by atoms with Crippen LogP contribution >= 0.6 is 15.9 Å². The van der Waals surface area contributed by atoms with Gasteiger partial charge in [0.25, 0.3) is 0 Å². The molecule has 0 saturated carbocycles. The minimum atomic E-state index is 0.696. The number of nitrogens with zero attached hydrogens (tertiary/aromatic N) is 1. The molecule has 1 atom stereocenters. The third-order valence-corrected chi connectivity index (χ3v) is 4.73. The molecule has 0 spiro atoms. The lowest BCUT2D eigenvalue weighted by atomic mass is 10.0. The van der Waals surface area contributed by atoms with Crippen molar-refractivity contribution < 1.29 is 0 Å². The molecule has 118 valence electrons. The zero-order valence-corrected chi connectivity index (χ0v) is 15.2. The minimum absolute atomic E-state index is 0.696. The maximum absolute atomic E-state index is 3.62. The Kier molecular flexibility index (Phi) is 6.56. The second kappa shape index (κ2) is 8.19. The van der Waals surface area contributed by atoms with Crippen LogP contribution in [0, 0.1) is 11.8 Å². The first-order valence-corrected chi connectivity index (χ1v) is 9.13. The highest BCUT2D eigenvalue weighted by Gasteiger charge is 2.23. The third-order valence-electron chi connectivity index (χ3n) is 4.23. The molecule has 0 amide bonds. The largest absolute Gasteiger partial charge is 0.371 e. The van der Waals surface area contributed by atoms with E-state index in [1.165, 1.54) is 48.1 Å². The molecule has 1 saturated heterocycles. The Labute approximate surface area is 138 Å². The minimum Gasteiger partial charge on any atom is -0.371 e. The predicted octanol–water partition coefficient (Wildman–Crippen LogP) is 4.82. The van der Waals surface area contributed by atoms with Crippen LogP contribution < -0.4 is 10.2 Å². The topological polar surface area (TPSA) is 15.3 Å². The van der Waals surface area contributed by atoms with Crippen molar-refractivity contribution in [1.82, 2.24) is 5.32 Å². The van der Waals surface area contributed by atoms with E-state index in [0.29, 0.717) is 5.92 Å². The van der Waals surface area contributed by atoms with Gasteiger partial charge in [0.05, 0.1) is 0 Å². The first-order valence-electron chi connectivity index (χ1n) is 8.34. The van der Waals surface area contributed by atoms with Crippen LogP contribution in [0.5, 0.6) is 0 Å². The van der Waals surface area contributed by atoms with Gasteiger partial charge in [0, 0.05) is 29.8 Å². The van der Waals surface area contributed by atoms with Crippen LogP contribution in [-0.2, 0) is 6.54 Å². The van der Waals surface area contributed by atoms with Crippen LogP contribution in [0.2, 0.25) is 0 Å². The Morgan fingerprint density at radius 3 is 2.90 bits per heavy atom. The Bertz CT molecular complexity index is 445. The van der Waals surface area contributed by atoms with Crippen molar-refractivity contribution in [1.29, 1.82) is 0 Å². The smallest absolute Gasteiger partial charge is 0.0412 e. The second-order valence-corrected chi connectivity index (χ2v) is 7.60. The van der Waals surface area contributed by atoms with Gasteiger partial charge in [-0.15, -0.1) is 0 Å². The molecule has 1 aliphatic heterocycles. The van der Waals surface area contributed by atoms with Crippen molar-refractivity contribution in [2.45, 2.75) is 46.6 Å². The molecule has 0 aliphatic carbocycles.